The molecule has 2 aliphatic rings. The van der Waals surface area contributed by atoms with E-state index >= 15 is 0 Å². The van der Waals surface area contributed by atoms with Crippen LogP contribution in [-0.2, 0) is 4.74 Å². The maximum absolute atomic E-state index is 14.9. The first kappa shape index (κ1) is 24.9. The zero-order valence-corrected chi connectivity index (χ0v) is 19.5. The van der Waals surface area contributed by atoms with Crippen molar-refractivity contribution < 1.29 is 26.7 Å². The molecule has 2 aromatic carbocycles. The predicted molar refractivity (Wildman–Crippen MR) is 124 cm³/mol. The number of unbranched alkanes of at least 4 members (excludes halogenated alkanes) is 2. The van der Waals surface area contributed by atoms with Gasteiger partial charge in [-0.05, 0) is 73.6 Å². The van der Waals surface area contributed by atoms with Crippen LogP contribution in [-0.4, -0.2) is 12.7 Å². The van der Waals surface area contributed by atoms with Crippen LogP contribution in [0.5, 0.6) is 0 Å². The maximum atomic E-state index is 14.9. The van der Waals surface area contributed by atoms with Crippen LogP contribution in [0.1, 0.15) is 70.3 Å². The molecule has 0 radical (unpaired) electrons. The molecule has 1 nitrogen and oxygen atoms in total. The Morgan fingerprint density at radius 3 is 2.18 bits per heavy atom. The molecular weight excluding hydrogens is 447 g/mol. The summed E-state index contributed by atoms with van der Waals surface area (Å²) in [4.78, 5) is 0. The number of rotatable bonds is 7. The molecule has 1 fully saturated rings. The summed E-state index contributed by atoms with van der Waals surface area (Å²) < 4.78 is 76.3. The van der Waals surface area contributed by atoms with Gasteiger partial charge in [-0.3, -0.25) is 0 Å². The monoisotopic (exact) mass is 478 g/mol. The van der Waals surface area contributed by atoms with Gasteiger partial charge in [0.1, 0.15) is 0 Å². The second-order valence-corrected chi connectivity index (χ2v) is 9.62. The molecule has 34 heavy (non-hydrogen) atoms. The molecule has 0 N–H and O–H groups in total. The molecule has 3 unspecified atom stereocenters. The SMILES string of the molecule is CCCCCC1CCC(C2CC=C(c3ccc(-c4cc(F)c(F)c(F)c4)c(F)c3F)CC2)OC1. The van der Waals surface area contributed by atoms with E-state index in [1.165, 1.54) is 44.2 Å². The first-order chi connectivity index (χ1) is 16.4. The van der Waals surface area contributed by atoms with E-state index in [0.717, 1.165) is 31.4 Å². The summed E-state index contributed by atoms with van der Waals surface area (Å²) in [6.45, 7) is 3.02. The minimum absolute atomic E-state index is 0.156. The van der Waals surface area contributed by atoms with E-state index in [0.29, 0.717) is 30.4 Å². The second kappa shape index (κ2) is 11.0. The van der Waals surface area contributed by atoms with Crippen molar-refractivity contribution in [2.45, 2.75) is 70.8 Å². The molecule has 1 aliphatic carbocycles. The quantitative estimate of drug-likeness (QED) is 0.220. The summed E-state index contributed by atoms with van der Waals surface area (Å²) >= 11 is 0. The third kappa shape index (κ3) is 5.37. The molecule has 6 heteroatoms. The van der Waals surface area contributed by atoms with Crippen molar-refractivity contribution in [3.63, 3.8) is 0 Å². The van der Waals surface area contributed by atoms with E-state index < -0.39 is 29.1 Å². The lowest BCUT2D eigenvalue weighted by Crippen LogP contribution is -2.32. The summed E-state index contributed by atoms with van der Waals surface area (Å²) in [7, 11) is 0. The Morgan fingerprint density at radius 1 is 0.853 bits per heavy atom. The van der Waals surface area contributed by atoms with Gasteiger partial charge in [-0.2, -0.15) is 0 Å². The summed E-state index contributed by atoms with van der Waals surface area (Å²) in [6, 6.07) is 4.05. The first-order valence-corrected chi connectivity index (χ1v) is 12.3. The second-order valence-electron chi connectivity index (χ2n) is 9.62. The van der Waals surface area contributed by atoms with Gasteiger partial charge in [0.2, 0.25) is 0 Å². The van der Waals surface area contributed by atoms with Crippen LogP contribution in [0.2, 0.25) is 0 Å². The zero-order chi connectivity index (χ0) is 24.2. The Hall–Kier alpha value is -2.21. The molecule has 184 valence electrons. The Balaban J connectivity index is 1.42. The van der Waals surface area contributed by atoms with Crippen molar-refractivity contribution in [3.05, 3.63) is 65.0 Å². The van der Waals surface area contributed by atoms with Crippen LogP contribution in [0.15, 0.2) is 30.3 Å². The number of allylic oxidation sites excluding steroid dienone is 2. The highest BCUT2D eigenvalue weighted by atomic mass is 19.2. The first-order valence-electron chi connectivity index (χ1n) is 12.3. The van der Waals surface area contributed by atoms with Gasteiger partial charge in [-0.15, -0.1) is 0 Å². The Morgan fingerprint density at radius 2 is 1.56 bits per heavy atom. The van der Waals surface area contributed by atoms with E-state index in [1.807, 2.05) is 6.08 Å². The highest BCUT2D eigenvalue weighted by Crippen LogP contribution is 2.39. The van der Waals surface area contributed by atoms with Gasteiger partial charge in [0.15, 0.2) is 29.1 Å². The molecule has 0 aromatic heterocycles. The molecule has 1 aliphatic heterocycles. The third-order valence-corrected chi connectivity index (χ3v) is 7.32. The molecule has 0 bridgehead atoms. The van der Waals surface area contributed by atoms with Gasteiger partial charge in [0.05, 0.1) is 6.10 Å². The van der Waals surface area contributed by atoms with Crippen molar-refractivity contribution in [1.82, 2.24) is 0 Å². The van der Waals surface area contributed by atoms with Crippen LogP contribution >= 0.6 is 0 Å². The predicted octanol–water partition coefficient (Wildman–Crippen LogP) is 8.61. The number of ether oxygens (including phenoxy) is 1. The fourth-order valence-corrected chi connectivity index (χ4v) is 5.28. The van der Waals surface area contributed by atoms with Gasteiger partial charge in [0, 0.05) is 17.7 Å². The van der Waals surface area contributed by atoms with Gasteiger partial charge >= 0.3 is 0 Å². The topological polar surface area (TPSA) is 9.23 Å². The number of halogens is 5. The summed E-state index contributed by atoms with van der Waals surface area (Å²) in [5.74, 6) is -5.77. The van der Waals surface area contributed by atoms with Crippen LogP contribution < -0.4 is 0 Å². The fourth-order valence-electron chi connectivity index (χ4n) is 5.28. The summed E-state index contributed by atoms with van der Waals surface area (Å²) in [5.41, 5.74) is 0.323. The molecule has 4 rings (SSSR count). The minimum atomic E-state index is -1.64. The molecule has 0 spiro atoms. The van der Waals surface area contributed by atoms with E-state index in [2.05, 4.69) is 6.92 Å². The van der Waals surface area contributed by atoms with Gasteiger partial charge in [0.25, 0.3) is 0 Å². The number of hydrogen-bond donors (Lipinski definition) is 0. The van der Waals surface area contributed by atoms with Gasteiger partial charge in [-0.25, -0.2) is 22.0 Å². The minimum Gasteiger partial charge on any atom is -0.378 e. The Labute approximate surface area is 198 Å². The number of benzene rings is 2. The fraction of sp³-hybridized carbons (Fsp3) is 0.500. The maximum Gasteiger partial charge on any atom is 0.194 e. The van der Waals surface area contributed by atoms with Gasteiger partial charge in [-0.1, -0.05) is 44.4 Å². The van der Waals surface area contributed by atoms with E-state index in [4.69, 9.17) is 4.74 Å². The van der Waals surface area contributed by atoms with Crippen molar-refractivity contribution in [1.29, 1.82) is 0 Å². The Kier molecular flexibility index (Phi) is 8.07. The third-order valence-electron chi connectivity index (χ3n) is 7.32. The van der Waals surface area contributed by atoms with E-state index in [9.17, 15) is 22.0 Å². The van der Waals surface area contributed by atoms with Crippen molar-refractivity contribution in [2.24, 2.45) is 11.8 Å². The highest BCUT2D eigenvalue weighted by Gasteiger charge is 2.30. The van der Waals surface area contributed by atoms with E-state index in [-0.39, 0.29) is 22.8 Å². The number of hydrogen-bond acceptors (Lipinski definition) is 1. The summed E-state index contributed by atoms with van der Waals surface area (Å²) in [5, 5.41) is 0. The standard InChI is InChI=1S/C28H31F5O/c1-2-3-4-5-17-6-13-25(34-16-17)19-9-7-18(8-10-19)21-11-12-22(27(32)26(21)31)20-14-23(29)28(33)24(30)15-20/h7,11-12,14-15,17,19,25H,2-6,8-10,13,16H2,1H3. The molecule has 2 aromatic rings. The zero-order valence-electron chi connectivity index (χ0n) is 19.5. The largest absolute Gasteiger partial charge is 0.378 e. The molecule has 0 amide bonds. The van der Waals surface area contributed by atoms with Crippen molar-refractivity contribution in [2.75, 3.05) is 6.61 Å². The average molecular weight is 479 g/mol. The van der Waals surface area contributed by atoms with Crippen LogP contribution in [0.25, 0.3) is 16.7 Å². The Bertz CT molecular complexity index is 1020. The molecule has 3 atom stereocenters. The molecule has 0 saturated carbocycles. The lowest BCUT2D eigenvalue weighted by molar-refractivity contribution is -0.0507. The molecular formula is C28H31F5O. The van der Waals surface area contributed by atoms with E-state index in [1.54, 1.807) is 0 Å². The van der Waals surface area contributed by atoms with Crippen LogP contribution in [0.3, 0.4) is 0 Å². The molecule has 1 saturated heterocycles. The van der Waals surface area contributed by atoms with Gasteiger partial charge < -0.3 is 4.74 Å². The van der Waals surface area contributed by atoms with Crippen molar-refractivity contribution >= 4 is 5.57 Å². The van der Waals surface area contributed by atoms with Crippen molar-refractivity contribution in [3.8, 4) is 11.1 Å². The normalized spacial score (nSPS) is 23.1. The summed E-state index contributed by atoms with van der Waals surface area (Å²) in [6.07, 6.45) is 11.6. The lowest BCUT2D eigenvalue weighted by atomic mass is 9.80. The average Bonchev–Trinajstić information content (AvgIpc) is 2.85. The van der Waals surface area contributed by atoms with Crippen LogP contribution in [0.4, 0.5) is 22.0 Å². The highest BCUT2D eigenvalue weighted by molar-refractivity contribution is 5.72. The van der Waals surface area contributed by atoms with Crippen LogP contribution in [0, 0.1) is 40.9 Å². The lowest BCUT2D eigenvalue weighted by Gasteiger charge is -2.35. The smallest absolute Gasteiger partial charge is 0.194 e. The molecule has 1 heterocycles.